The Bertz CT molecular complexity index is 3570. The summed E-state index contributed by atoms with van der Waals surface area (Å²) in [5.74, 6) is 12.4. The number of hydrogen-bond donors (Lipinski definition) is 6. The average Bonchev–Trinajstić information content (AvgIpc) is 1.64. The third-order valence-corrected chi connectivity index (χ3v) is 13.3. The van der Waals surface area contributed by atoms with Crippen LogP contribution >= 0.6 is 0 Å². The van der Waals surface area contributed by atoms with E-state index in [9.17, 15) is 28.8 Å². The summed E-state index contributed by atoms with van der Waals surface area (Å²) in [6, 6.07) is 43.5. The van der Waals surface area contributed by atoms with Crippen molar-refractivity contribution in [3.05, 3.63) is 190 Å². The lowest BCUT2D eigenvalue weighted by molar-refractivity contribution is -0.141. The standard InChI is InChI=1S/C24H30N2O5.C20H24N2O4.C16H15NO3.C11H6O2/c1-15(31-24(2,3)4)21(22(27)26-29-5)25-23(28)30-14-20-18-12-8-6-10-16(18)17-11-7-9-13-19(17)20;1-7-8-9-15-10-12-16(13-11-15)18(23)21-17(19(24)22-25-6)14(2)26-20(3,4)5;1-19-17-16(18)20-10-15-13-8-4-2-6-11(13)12-7-3-5-9-14(12)15;1-2-3-4-9-5-7-10(8-6-9)11(12)13/h6-13,15,20-21H,14H2,1-5H3,(H,25,28)(H,26,27);1,10-14,17H,2-6H3,(H,21,23)(H,22,24);2-9,15H,10H2,1H3,(H,17,18);1,5-8H,(H,12,13)/t15-,21-;14-,17+;;/m11../s1. The summed E-state index contributed by atoms with van der Waals surface area (Å²) in [4.78, 5) is 85.5. The largest absolute Gasteiger partial charge is 0.478 e. The van der Waals surface area contributed by atoms with Crippen LogP contribution in [0.1, 0.15) is 121 Å². The maximum atomic E-state index is 12.6. The maximum Gasteiger partial charge on any atom is 0.431 e. The first-order chi connectivity index (χ1) is 42.9. The first kappa shape index (κ1) is 70.5. The van der Waals surface area contributed by atoms with E-state index in [4.69, 9.17) is 41.7 Å². The zero-order valence-electron chi connectivity index (χ0n) is 52.1. The molecule has 0 saturated heterocycles. The minimum absolute atomic E-state index is 0.0624. The Kier molecular flexibility index (Phi) is 26.9. The molecule has 4 atom stereocenters. The van der Waals surface area contributed by atoms with Gasteiger partial charge in [0.15, 0.2) is 0 Å². The molecular weight excluding hydrogens is 1150 g/mol. The van der Waals surface area contributed by atoms with Gasteiger partial charge in [-0.15, -0.1) is 12.8 Å². The number of carboxylic acid groups (broad SMARTS) is 1. The van der Waals surface area contributed by atoms with E-state index in [0.29, 0.717) is 23.3 Å². The highest BCUT2D eigenvalue weighted by molar-refractivity contribution is 5.97. The third kappa shape index (κ3) is 21.3. The number of carbonyl (C=O) groups is 6. The summed E-state index contributed by atoms with van der Waals surface area (Å²) in [5, 5.41) is 13.9. The zero-order chi connectivity index (χ0) is 66.0. The molecule has 0 saturated carbocycles. The predicted molar refractivity (Wildman–Crippen MR) is 341 cm³/mol. The molecule has 0 aliphatic heterocycles. The van der Waals surface area contributed by atoms with Gasteiger partial charge in [-0.05, 0) is 172 Å². The molecule has 0 bridgehead atoms. The molecule has 0 heterocycles. The number of rotatable bonds is 17. The molecule has 19 nitrogen and oxygen atoms in total. The highest BCUT2D eigenvalue weighted by atomic mass is 16.7. The van der Waals surface area contributed by atoms with Gasteiger partial charge < -0.3 is 34.7 Å². The Morgan fingerprint density at radius 2 is 0.811 bits per heavy atom. The van der Waals surface area contributed by atoms with E-state index < -0.39 is 71.4 Å². The van der Waals surface area contributed by atoms with Crippen LogP contribution in [0.15, 0.2) is 146 Å². The van der Waals surface area contributed by atoms with Crippen LogP contribution in [0.4, 0.5) is 9.59 Å². The lowest BCUT2D eigenvalue weighted by atomic mass is 9.98. The number of hydrogen-bond acceptors (Lipinski definition) is 13. The van der Waals surface area contributed by atoms with Gasteiger partial charge in [-0.1, -0.05) is 109 Å². The summed E-state index contributed by atoms with van der Waals surface area (Å²) in [6.45, 7) is 15.1. The molecule has 90 heavy (non-hydrogen) atoms. The summed E-state index contributed by atoms with van der Waals surface area (Å²) < 4.78 is 22.4. The Morgan fingerprint density at radius 3 is 1.14 bits per heavy atom. The van der Waals surface area contributed by atoms with Crippen LogP contribution in [0.2, 0.25) is 0 Å². The number of fused-ring (bicyclic) bond motifs is 6. The molecule has 0 radical (unpaired) electrons. The molecule has 0 unspecified atom stereocenters. The Hall–Kier alpha value is -10.2. The third-order valence-electron chi connectivity index (χ3n) is 13.3. The number of nitrogens with one attached hydrogen (secondary N) is 5. The van der Waals surface area contributed by atoms with E-state index in [1.807, 2.05) is 90.1 Å². The van der Waals surface area contributed by atoms with Crippen molar-refractivity contribution in [1.82, 2.24) is 27.1 Å². The molecule has 2 aliphatic rings. The quantitative estimate of drug-likeness (QED) is 0.0368. The van der Waals surface area contributed by atoms with Gasteiger partial charge in [0, 0.05) is 28.5 Å². The monoisotopic (exact) mass is 1220 g/mol. The van der Waals surface area contributed by atoms with Crippen molar-refractivity contribution in [1.29, 1.82) is 0 Å². The van der Waals surface area contributed by atoms with Crippen LogP contribution in [0.25, 0.3) is 22.3 Å². The molecule has 0 fully saturated rings. The van der Waals surface area contributed by atoms with E-state index in [1.54, 1.807) is 50.2 Å². The maximum absolute atomic E-state index is 12.6. The van der Waals surface area contributed by atoms with Gasteiger partial charge in [0.05, 0.1) is 50.3 Å². The minimum atomic E-state index is -0.977. The second-order valence-electron chi connectivity index (χ2n) is 22.0. The number of amides is 5. The highest BCUT2D eigenvalue weighted by Gasteiger charge is 2.35. The molecule has 2 aliphatic carbocycles. The van der Waals surface area contributed by atoms with E-state index in [0.717, 1.165) is 22.3 Å². The molecule has 6 aromatic carbocycles. The summed E-state index contributed by atoms with van der Waals surface area (Å²) in [6.07, 6.45) is 7.58. The molecule has 5 amide bonds. The molecule has 19 heteroatoms. The number of ether oxygens (including phenoxy) is 4. The van der Waals surface area contributed by atoms with E-state index in [1.165, 1.54) is 55.7 Å². The van der Waals surface area contributed by atoms with Crippen molar-refractivity contribution >= 4 is 35.9 Å². The number of carboxylic acids is 1. The summed E-state index contributed by atoms with van der Waals surface area (Å²) in [7, 11) is 4.03. The van der Waals surface area contributed by atoms with Crippen LogP contribution in [0, 0.1) is 48.4 Å². The molecular formula is C71H75N5O14. The molecule has 0 spiro atoms. The number of alkyl carbamates (subject to hydrolysis) is 1. The first-order valence-corrected chi connectivity index (χ1v) is 28.4. The van der Waals surface area contributed by atoms with Crippen molar-refractivity contribution in [2.75, 3.05) is 34.5 Å². The second kappa shape index (κ2) is 34.4. The van der Waals surface area contributed by atoms with Gasteiger partial charge in [-0.3, -0.25) is 28.9 Å². The van der Waals surface area contributed by atoms with Gasteiger partial charge in [-0.25, -0.2) is 25.3 Å². The van der Waals surface area contributed by atoms with Gasteiger partial charge >= 0.3 is 18.2 Å². The molecule has 468 valence electrons. The highest BCUT2D eigenvalue weighted by Crippen LogP contribution is 2.45. The van der Waals surface area contributed by atoms with Crippen LogP contribution in [-0.4, -0.2) is 111 Å². The van der Waals surface area contributed by atoms with Gasteiger partial charge in [0.1, 0.15) is 25.3 Å². The predicted octanol–water partition coefficient (Wildman–Crippen LogP) is 9.88. The Labute approximate surface area is 526 Å². The number of aromatic carboxylic acids is 1. The fourth-order valence-electron chi connectivity index (χ4n) is 9.69. The van der Waals surface area contributed by atoms with Crippen LogP contribution in [-0.2, 0) is 43.0 Å². The lowest BCUT2D eigenvalue weighted by Gasteiger charge is -2.30. The molecule has 0 aromatic heterocycles. The van der Waals surface area contributed by atoms with E-state index in [2.05, 4.69) is 121 Å². The van der Waals surface area contributed by atoms with Crippen molar-refractivity contribution in [2.45, 2.75) is 103 Å². The van der Waals surface area contributed by atoms with Gasteiger partial charge in [0.2, 0.25) is 0 Å². The van der Waals surface area contributed by atoms with E-state index in [-0.39, 0.29) is 24.0 Å². The van der Waals surface area contributed by atoms with Gasteiger partial charge in [0.25, 0.3) is 17.7 Å². The second-order valence-corrected chi connectivity index (χ2v) is 22.0. The topological polar surface area (TPSA) is 247 Å². The fraction of sp³-hybridized carbons (Fsp3) is 0.296. The fourth-order valence-corrected chi connectivity index (χ4v) is 9.69. The molecule has 6 N–H and O–H groups in total. The lowest BCUT2D eigenvalue weighted by Crippen LogP contribution is -2.54. The number of benzene rings is 6. The normalized spacial score (nSPS) is 12.8. The van der Waals surface area contributed by atoms with Crippen molar-refractivity contribution in [3.63, 3.8) is 0 Å². The van der Waals surface area contributed by atoms with Crippen LogP contribution < -0.4 is 27.1 Å². The summed E-state index contributed by atoms with van der Waals surface area (Å²) in [5.41, 5.74) is 17.0. The average molecular weight is 1220 g/mol. The van der Waals surface area contributed by atoms with Crippen LogP contribution in [0.3, 0.4) is 0 Å². The number of carbonyl (C=O) groups excluding carboxylic acids is 5. The van der Waals surface area contributed by atoms with Gasteiger partial charge in [-0.2, -0.15) is 5.48 Å². The van der Waals surface area contributed by atoms with Crippen molar-refractivity contribution < 1.29 is 67.3 Å². The first-order valence-electron chi connectivity index (χ1n) is 28.4. The Balaban J connectivity index is 0.000000227. The van der Waals surface area contributed by atoms with Crippen molar-refractivity contribution in [3.8, 4) is 70.6 Å². The summed E-state index contributed by atoms with van der Waals surface area (Å²) >= 11 is 0. The SMILES string of the molecule is C#CC#Cc1ccc(C(=O)N[C@H](C(=O)NOC)[C@@H](C)OC(C)(C)C)cc1.C#CC#Cc1ccc(C(=O)O)cc1.CONC(=O)OCC1c2ccccc2-c2ccccc21.CONC(=O)[C@H](NC(=O)OCC1c2ccccc2-c2ccccc21)[C@@H](C)OC(C)(C)C. The number of hydroxylamine groups is 3. The minimum Gasteiger partial charge on any atom is -0.478 e. The van der Waals surface area contributed by atoms with Crippen molar-refractivity contribution in [2.24, 2.45) is 0 Å². The smallest absolute Gasteiger partial charge is 0.431 e. The zero-order valence-corrected chi connectivity index (χ0v) is 52.1. The molecule has 6 aromatic rings. The van der Waals surface area contributed by atoms with E-state index >= 15 is 0 Å². The number of terminal acetylenes is 2. The molecule has 8 rings (SSSR count). The Morgan fingerprint density at radius 1 is 0.478 bits per heavy atom. The van der Waals surface area contributed by atoms with Crippen LogP contribution in [0.5, 0.6) is 0 Å².